The lowest BCUT2D eigenvalue weighted by Crippen LogP contribution is -2.42. The number of anilines is 1. The van der Waals surface area contributed by atoms with Crippen molar-refractivity contribution in [2.75, 3.05) is 25.1 Å². The van der Waals surface area contributed by atoms with Gasteiger partial charge in [0.05, 0.1) is 5.60 Å². The summed E-state index contributed by atoms with van der Waals surface area (Å²) in [7, 11) is 0. The van der Waals surface area contributed by atoms with Gasteiger partial charge in [-0.3, -0.25) is 0 Å². The molecule has 1 aliphatic rings. The molecule has 0 saturated carbocycles. The van der Waals surface area contributed by atoms with Gasteiger partial charge in [-0.25, -0.2) is 9.78 Å². The van der Waals surface area contributed by atoms with Crippen molar-refractivity contribution in [1.29, 1.82) is 0 Å². The average molecular weight is 287 g/mol. The minimum Gasteiger partial charge on any atom is -0.478 e. The fraction of sp³-hybridized carbons (Fsp3) is 0.500. The third kappa shape index (κ3) is 3.56. The van der Waals surface area contributed by atoms with Crippen molar-refractivity contribution in [1.82, 2.24) is 4.98 Å². The fourth-order valence-electron chi connectivity index (χ4n) is 1.92. The van der Waals surface area contributed by atoms with Crippen molar-refractivity contribution in [2.24, 2.45) is 0 Å². The summed E-state index contributed by atoms with van der Waals surface area (Å²) in [6.45, 7) is 1.20. The molecule has 1 saturated heterocycles. The number of pyridine rings is 1. The van der Waals surface area contributed by atoms with Gasteiger partial charge in [-0.1, -0.05) is 11.6 Å². The van der Waals surface area contributed by atoms with E-state index < -0.39 is 11.6 Å². The smallest absolute Gasteiger partial charge is 0.339 e. The molecule has 7 heteroatoms. The van der Waals surface area contributed by atoms with Crippen LogP contribution in [0.1, 0.15) is 23.2 Å². The largest absolute Gasteiger partial charge is 0.478 e. The first-order chi connectivity index (χ1) is 9.00. The molecule has 0 radical (unpaired) electrons. The van der Waals surface area contributed by atoms with Crippen molar-refractivity contribution < 1.29 is 19.7 Å². The average Bonchev–Trinajstić information content (AvgIpc) is 2.37. The molecule has 0 atom stereocenters. The second-order valence-corrected chi connectivity index (χ2v) is 4.91. The summed E-state index contributed by atoms with van der Waals surface area (Å²) in [5.74, 6) is -0.925. The molecule has 0 aromatic carbocycles. The first-order valence-electron chi connectivity index (χ1n) is 5.94. The first-order valence-corrected chi connectivity index (χ1v) is 6.32. The van der Waals surface area contributed by atoms with Crippen LogP contribution < -0.4 is 5.32 Å². The summed E-state index contributed by atoms with van der Waals surface area (Å²) in [5, 5.41) is 22.4. The van der Waals surface area contributed by atoms with Gasteiger partial charge in [0.2, 0.25) is 0 Å². The van der Waals surface area contributed by atoms with Gasteiger partial charge in [-0.15, -0.1) is 0 Å². The number of carboxylic acids is 1. The Morgan fingerprint density at radius 3 is 2.79 bits per heavy atom. The summed E-state index contributed by atoms with van der Waals surface area (Å²) in [6, 6.07) is 2.80. The van der Waals surface area contributed by atoms with E-state index in [2.05, 4.69) is 10.3 Å². The molecule has 0 bridgehead atoms. The molecule has 3 N–H and O–H groups in total. The summed E-state index contributed by atoms with van der Waals surface area (Å²) in [5.41, 5.74) is -0.877. The van der Waals surface area contributed by atoms with Crippen LogP contribution >= 0.6 is 11.6 Å². The Kier molecular flexibility index (Phi) is 4.24. The van der Waals surface area contributed by atoms with Crippen molar-refractivity contribution in [3.05, 3.63) is 22.8 Å². The quantitative estimate of drug-likeness (QED) is 0.725. The summed E-state index contributed by atoms with van der Waals surface area (Å²) in [4.78, 5) is 15.0. The zero-order valence-electron chi connectivity index (χ0n) is 10.2. The highest BCUT2D eigenvalue weighted by molar-refractivity contribution is 6.29. The maximum Gasteiger partial charge on any atom is 0.339 e. The van der Waals surface area contributed by atoms with Crippen LogP contribution in [0.4, 0.5) is 5.82 Å². The van der Waals surface area contributed by atoms with Crippen molar-refractivity contribution in [3.8, 4) is 0 Å². The number of halogens is 1. The van der Waals surface area contributed by atoms with E-state index in [0.717, 1.165) is 0 Å². The molecule has 2 heterocycles. The number of aromatic carboxylic acids is 1. The van der Waals surface area contributed by atoms with E-state index in [1.165, 1.54) is 12.1 Å². The predicted octanol–water partition coefficient (Wildman–Crippen LogP) is 1.39. The summed E-state index contributed by atoms with van der Waals surface area (Å²) >= 11 is 5.75. The Bertz CT molecular complexity index is 475. The number of aliphatic hydroxyl groups is 1. The van der Waals surface area contributed by atoms with Crippen LogP contribution in [0.15, 0.2) is 12.1 Å². The molecule has 0 spiro atoms. The van der Waals surface area contributed by atoms with Crippen LogP contribution in [0.2, 0.25) is 5.15 Å². The van der Waals surface area contributed by atoms with E-state index >= 15 is 0 Å². The topological polar surface area (TPSA) is 91.7 Å². The molecule has 0 aliphatic carbocycles. The second kappa shape index (κ2) is 5.73. The standard InChI is InChI=1S/C12H15ClN2O4/c13-9-2-1-8(11(16)17)10(15-9)14-7-12(18)3-5-19-6-4-12/h1-2,18H,3-7H2,(H,14,15)(H,16,17). The van der Waals surface area contributed by atoms with E-state index in [4.69, 9.17) is 21.4 Å². The monoisotopic (exact) mass is 286 g/mol. The molecule has 0 unspecified atom stereocenters. The number of hydrogen-bond donors (Lipinski definition) is 3. The lowest BCUT2D eigenvalue weighted by molar-refractivity contribution is -0.0544. The van der Waals surface area contributed by atoms with Gasteiger partial charge in [0.25, 0.3) is 0 Å². The Morgan fingerprint density at radius 1 is 1.47 bits per heavy atom. The van der Waals surface area contributed by atoms with Crippen molar-refractivity contribution in [2.45, 2.75) is 18.4 Å². The molecule has 1 aromatic heterocycles. The van der Waals surface area contributed by atoms with Crippen LogP contribution in [0.25, 0.3) is 0 Å². The van der Waals surface area contributed by atoms with E-state index in [1.54, 1.807) is 0 Å². The maximum atomic E-state index is 11.1. The van der Waals surface area contributed by atoms with Gasteiger partial charge in [-0.2, -0.15) is 0 Å². The number of carboxylic acid groups (broad SMARTS) is 1. The number of nitrogens with one attached hydrogen (secondary N) is 1. The molecule has 0 amide bonds. The normalized spacial score (nSPS) is 18.0. The Balaban J connectivity index is 2.10. The number of aromatic nitrogens is 1. The van der Waals surface area contributed by atoms with Gasteiger partial charge in [0.15, 0.2) is 0 Å². The molecule has 1 aliphatic heterocycles. The molecule has 2 rings (SSSR count). The van der Waals surface area contributed by atoms with Gasteiger partial charge in [-0.05, 0) is 12.1 Å². The van der Waals surface area contributed by atoms with Crippen LogP contribution in [0, 0.1) is 0 Å². The molecule has 104 valence electrons. The minimum atomic E-state index is -1.09. The van der Waals surface area contributed by atoms with Crippen LogP contribution in [0.5, 0.6) is 0 Å². The highest BCUT2D eigenvalue weighted by Crippen LogP contribution is 2.23. The second-order valence-electron chi connectivity index (χ2n) is 4.53. The van der Waals surface area contributed by atoms with E-state index in [-0.39, 0.29) is 23.1 Å². The Labute approximate surface area is 115 Å². The van der Waals surface area contributed by atoms with E-state index in [0.29, 0.717) is 26.1 Å². The highest BCUT2D eigenvalue weighted by Gasteiger charge is 2.30. The number of rotatable bonds is 4. The Hall–Kier alpha value is -1.37. The highest BCUT2D eigenvalue weighted by atomic mass is 35.5. The molecule has 6 nitrogen and oxygen atoms in total. The molecular formula is C12H15ClN2O4. The predicted molar refractivity (Wildman–Crippen MR) is 69.7 cm³/mol. The Morgan fingerprint density at radius 2 is 2.16 bits per heavy atom. The third-order valence-corrected chi connectivity index (χ3v) is 3.31. The van der Waals surface area contributed by atoms with Gasteiger partial charge in [0.1, 0.15) is 16.5 Å². The number of ether oxygens (including phenoxy) is 1. The summed E-state index contributed by atoms with van der Waals surface area (Å²) in [6.07, 6.45) is 1.01. The molecular weight excluding hydrogens is 272 g/mol. The van der Waals surface area contributed by atoms with Crippen molar-refractivity contribution >= 4 is 23.4 Å². The van der Waals surface area contributed by atoms with Gasteiger partial charge >= 0.3 is 5.97 Å². The molecule has 19 heavy (non-hydrogen) atoms. The zero-order chi connectivity index (χ0) is 13.9. The zero-order valence-corrected chi connectivity index (χ0v) is 11.0. The van der Waals surface area contributed by atoms with Crippen LogP contribution in [0.3, 0.4) is 0 Å². The fourth-order valence-corrected chi connectivity index (χ4v) is 2.07. The number of hydrogen-bond acceptors (Lipinski definition) is 5. The number of carbonyl (C=O) groups is 1. The number of nitrogens with zero attached hydrogens (tertiary/aromatic N) is 1. The van der Waals surface area contributed by atoms with Gasteiger partial charge < -0.3 is 20.3 Å². The molecule has 1 aromatic rings. The SMILES string of the molecule is O=C(O)c1ccc(Cl)nc1NCC1(O)CCOCC1. The maximum absolute atomic E-state index is 11.1. The minimum absolute atomic E-state index is 0.0278. The first kappa shape index (κ1) is 14.0. The lowest BCUT2D eigenvalue weighted by Gasteiger charge is -2.32. The van der Waals surface area contributed by atoms with E-state index in [9.17, 15) is 9.90 Å². The van der Waals surface area contributed by atoms with Crippen LogP contribution in [-0.4, -0.2) is 46.5 Å². The van der Waals surface area contributed by atoms with Crippen molar-refractivity contribution in [3.63, 3.8) is 0 Å². The van der Waals surface area contributed by atoms with Crippen LogP contribution in [-0.2, 0) is 4.74 Å². The third-order valence-electron chi connectivity index (χ3n) is 3.10. The van der Waals surface area contributed by atoms with E-state index in [1.807, 2.05) is 0 Å². The summed E-state index contributed by atoms with van der Waals surface area (Å²) < 4.78 is 5.18. The molecule has 1 fully saturated rings. The van der Waals surface area contributed by atoms with Gasteiger partial charge in [0, 0.05) is 32.6 Å². The lowest BCUT2D eigenvalue weighted by atomic mass is 9.94.